The molecule has 12 heavy (non-hydrogen) atoms. The van der Waals surface area contributed by atoms with Gasteiger partial charge in [-0.2, -0.15) is 0 Å². The summed E-state index contributed by atoms with van der Waals surface area (Å²) in [5.74, 6) is -0.557. The second-order valence-electron chi connectivity index (χ2n) is 2.26. The molecule has 3 nitrogen and oxygen atoms in total. The molecular weight excluding hydrogens is 199 g/mol. The minimum atomic E-state index is -0.557. The predicted octanol–water partition coefficient (Wildman–Crippen LogP) is 1.80. The maximum atomic E-state index is 10.8. The molecule has 2 N–H and O–H groups in total. The second-order valence-corrected chi connectivity index (χ2v) is 3.02. The summed E-state index contributed by atoms with van der Waals surface area (Å²) in [4.78, 5) is 14.6. The van der Waals surface area contributed by atoms with Crippen molar-refractivity contribution < 1.29 is 4.79 Å². The first-order valence-corrected chi connectivity index (χ1v) is 3.90. The average Bonchev–Trinajstić information content (AvgIpc) is 1.96. The van der Waals surface area contributed by atoms with Gasteiger partial charge in [0, 0.05) is 0 Å². The molecule has 0 aliphatic rings. The lowest BCUT2D eigenvalue weighted by Crippen LogP contribution is -2.13. The molecule has 0 saturated carbocycles. The van der Waals surface area contributed by atoms with Crippen molar-refractivity contribution in [2.45, 2.75) is 6.92 Å². The van der Waals surface area contributed by atoms with E-state index in [0.717, 1.165) is 0 Å². The zero-order valence-electron chi connectivity index (χ0n) is 6.27. The molecule has 0 aliphatic carbocycles. The van der Waals surface area contributed by atoms with Crippen LogP contribution < -0.4 is 5.73 Å². The van der Waals surface area contributed by atoms with E-state index in [9.17, 15) is 4.79 Å². The number of pyridine rings is 1. The zero-order valence-corrected chi connectivity index (χ0v) is 7.78. The van der Waals surface area contributed by atoms with E-state index in [0.29, 0.717) is 11.3 Å². The van der Waals surface area contributed by atoms with E-state index in [1.165, 1.54) is 6.07 Å². The molecule has 0 radical (unpaired) electrons. The minimum absolute atomic E-state index is 0.180. The standard InChI is InChI=1S/C7H6Cl2N2O/c1-3-4(7(10)12)2-5(8)6(9)11-3/h2H,1H3,(H2,10,12). The molecule has 0 bridgehead atoms. The summed E-state index contributed by atoms with van der Waals surface area (Å²) >= 11 is 11.2. The van der Waals surface area contributed by atoms with E-state index in [1.54, 1.807) is 6.92 Å². The summed E-state index contributed by atoms with van der Waals surface area (Å²) in [6.45, 7) is 1.64. The molecule has 0 aliphatic heterocycles. The number of nitrogens with two attached hydrogens (primary N) is 1. The minimum Gasteiger partial charge on any atom is -0.366 e. The molecule has 1 aromatic rings. The van der Waals surface area contributed by atoms with Gasteiger partial charge in [0.05, 0.1) is 16.3 Å². The van der Waals surface area contributed by atoms with Gasteiger partial charge in [-0.05, 0) is 13.0 Å². The van der Waals surface area contributed by atoms with Crippen molar-refractivity contribution in [2.75, 3.05) is 0 Å². The highest BCUT2D eigenvalue weighted by Gasteiger charge is 2.09. The smallest absolute Gasteiger partial charge is 0.250 e. The van der Waals surface area contributed by atoms with Crippen molar-refractivity contribution in [3.05, 3.63) is 27.5 Å². The van der Waals surface area contributed by atoms with E-state index in [4.69, 9.17) is 28.9 Å². The topological polar surface area (TPSA) is 56.0 Å². The van der Waals surface area contributed by atoms with Gasteiger partial charge in [-0.15, -0.1) is 0 Å². The molecule has 0 unspecified atom stereocenters. The summed E-state index contributed by atoms with van der Waals surface area (Å²) in [7, 11) is 0. The number of carbonyl (C=O) groups excluding carboxylic acids is 1. The van der Waals surface area contributed by atoms with Crippen molar-refractivity contribution in [3.8, 4) is 0 Å². The predicted molar refractivity (Wildman–Crippen MR) is 47.5 cm³/mol. The summed E-state index contributed by atoms with van der Waals surface area (Å²) in [5.41, 5.74) is 5.83. The third-order valence-electron chi connectivity index (χ3n) is 1.39. The molecule has 0 aromatic carbocycles. The van der Waals surface area contributed by atoms with E-state index in [-0.39, 0.29) is 10.2 Å². The fourth-order valence-electron chi connectivity index (χ4n) is 0.801. The number of aryl methyl sites for hydroxylation is 1. The number of carbonyl (C=O) groups is 1. The van der Waals surface area contributed by atoms with E-state index in [2.05, 4.69) is 4.98 Å². The fourth-order valence-corrected chi connectivity index (χ4v) is 1.13. The number of primary amides is 1. The quantitative estimate of drug-likeness (QED) is 0.710. The van der Waals surface area contributed by atoms with Gasteiger partial charge < -0.3 is 5.73 Å². The molecule has 0 atom stereocenters. The van der Waals surface area contributed by atoms with Crippen LogP contribution in [0.15, 0.2) is 6.07 Å². The van der Waals surface area contributed by atoms with Gasteiger partial charge in [-0.25, -0.2) is 4.98 Å². The maximum Gasteiger partial charge on any atom is 0.250 e. The largest absolute Gasteiger partial charge is 0.366 e. The number of hydrogen-bond donors (Lipinski definition) is 1. The van der Waals surface area contributed by atoms with Crippen LogP contribution in [-0.4, -0.2) is 10.9 Å². The summed E-state index contributed by atoms with van der Waals surface area (Å²) in [6.07, 6.45) is 0. The molecule has 1 amide bonds. The van der Waals surface area contributed by atoms with Gasteiger partial charge in [0.1, 0.15) is 5.15 Å². The van der Waals surface area contributed by atoms with Crippen LogP contribution in [0, 0.1) is 6.92 Å². The van der Waals surface area contributed by atoms with Crippen LogP contribution in [0.4, 0.5) is 0 Å². The lowest BCUT2D eigenvalue weighted by Gasteiger charge is -2.01. The van der Waals surface area contributed by atoms with Gasteiger partial charge in [-0.1, -0.05) is 23.2 Å². The Labute approximate surface area is 79.5 Å². The van der Waals surface area contributed by atoms with Crippen molar-refractivity contribution in [2.24, 2.45) is 5.73 Å². The van der Waals surface area contributed by atoms with Gasteiger partial charge in [-0.3, -0.25) is 4.79 Å². The highest BCUT2D eigenvalue weighted by atomic mass is 35.5. The lowest BCUT2D eigenvalue weighted by molar-refractivity contribution is 0.0999. The fraction of sp³-hybridized carbons (Fsp3) is 0.143. The summed E-state index contributed by atoms with van der Waals surface area (Å²) in [6, 6.07) is 1.41. The van der Waals surface area contributed by atoms with E-state index in [1.807, 2.05) is 0 Å². The van der Waals surface area contributed by atoms with Gasteiger partial charge in [0.25, 0.3) is 5.91 Å². The summed E-state index contributed by atoms with van der Waals surface area (Å²) < 4.78 is 0. The Morgan fingerprint density at radius 2 is 2.17 bits per heavy atom. The van der Waals surface area contributed by atoms with Crippen LogP contribution in [0.3, 0.4) is 0 Å². The number of nitrogens with zero attached hydrogens (tertiary/aromatic N) is 1. The second kappa shape index (κ2) is 3.29. The first-order valence-electron chi connectivity index (χ1n) is 3.15. The van der Waals surface area contributed by atoms with Gasteiger partial charge in [0.2, 0.25) is 0 Å². The SMILES string of the molecule is Cc1nc(Cl)c(Cl)cc1C(N)=O. The van der Waals surface area contributed by atoms with Crippen LogP contribution >= 0.6 is 23.2 Å². The van der Waals surface area contributed by atoms with Crippen LogP contribution in [0.2, 0.25) is 10.2 Å². The average molecular weight is 205 g/mol. The van der Waals surface area contributed by atoms with Crippen molar-refractivity contribution in [3.63, 3.8) is 0 Å². The Morgan fingerprint density at radius 3 is 2.67 bits per heavy atom. The molecule has 0 spiro atoms. The molecule has 5 heteroatoms. The number of hydrogen-bond acceptors (Lipinski definition) is 2. The maximum absolute atomic E-state index is 10.8. The number of aromatic nitrogens is 1. The zero-order chi connectivity index (χ0) is 9.30. The molecule has 0 fully saturated rings. The number of rotatable bonds is 1. The molecule has 0 saturated heterocycles. The van der Waals surface area contributed by atoms with Gasteiger partial charge >= 0.3 is 0 Å². The van der Waals surface area contributed by atoms with E-state index < -0.39 is 5.91 Å². The highest BCUT2D eigenvalue weighted by Crippen LogP contribution is 2.21. The van der Waals surface area contributed by atoms with Crippen LogP contribution in [0.1, 0.15) is 16.1 Å². The molecule has 1 rings (SSSR count). The molecule has 1 heterocycles. The number of halogens is 2. The highest BCUT2D eigenvalue weighted by molar-refractivity contribution is 6.41. The van der Waals surface area contributed by atoms with Crippen molar-refractivity contribution in [1.29, 1.82) is 0 Å². The Hall–Kier alpha value is -0.800. The molecular formula is C7H6Cl2N2O. The Morgan fingerprint density at radius 1 is 1.58 bits per heavy atom. The first-order chi connectivity index (χ1) is 5.52. The third-order valence-corrected chi connectivity index (χ3v) is 2.06. The van der Waals surface area contributed by atoms with Crippen LogP contribution in [0.5, 0.6) is 0 Å². The van der Waals surface area contributed by atoms with Crippen molar-refractivity contribution in [1.82, 2.24) is 4.98 Å². The van der Waals surface area contributed by atoms with Crippen LogP contribution in [0.25, 0.3) is 0 Å². The molecule has 1 aromatic heterocycles. The Balaban J connectivity index is 3.33. The monoisotopic (exact) mass is 204 g/mol. The van der Waals surface area contributed by atoms with Gasteiger partial charge in [0.15, 0.2) is 0 Å². The van der Waals surface area contributed by atoms with Crippen LogP contribution in [-0.2, 0) is 0 Å². The Bertz CT molecular complexity index is 338. The number of amides is 1. The molecule has 64 valence electrons. The third kappa shape index (κ3) is 1.68. The van der Waals surface area contributed by atoms with Crippen molar-refractivity contribution >= 4 is 29.1 Å². The normalized spacial score (nSPS) is 9.92. The summed E-state index contributed by atoms with van der Waals surface area (Å²) in [5, 5.41) is 0.412. The van der Waals surface area contributed by atoms with E-state index >= 15 is 0 Å². The first kappa shape index (κ1) is 9.29. The Kier molecular flexibility index (Phi) is 2.55. The lowest BCUT2D eigenvalue weighted by atomic mass is 10.2.